The topological polar surface area (TPSA) is 58.5 Å². The quantitative estimate of drug-likeness (QED) is 0.912. The summed E-state index contributed by atoms with van der Waals surface area (Å²) in [6.45, 7) is 0. The second kappa shape index (κ2) is 5.67. The number of amides is 2. The van der Waals surface area contributed by atoms with E-state index in [0.717, 1.165) is 0 Å². The van der Waals surface area contributed by atoms with Crippen LogP contribution in [-0.4, -0.2) is 16.5 Å². The van der Waals surface area contributed by atoms with Gasteiger partial charge in [0.25, 0.3) is 0 Å². The monoisotopic (exact) mass is 274 g/mol. The maximum absolute atomic E-state index is 12.4. The molecular weight excluding hydrogens is 260 g/mol. The summed E-state index contributed by atoms with van der Waals surface area (Å²) >= 11 is 0. The fourth-order valence-electron chi connectivity index (χ4n) is 1.55. The normalized spacial score (nSPS) is 13.3. The number of benzene rings is 2. The van der Waals surface area contributed by atoms with Crippen LogP contribution in [-0.2, 0) is 9.73 Å². The van der Waals surface area contributed by atoms with Crippen molar-refractivity contribution < 1.29 is 9.00 Å². The molecule has 5 heteroatoms. The Hall–Kier alpha value is -2.14. The van der Waals surface area contributed by atoms with Gasteiger partial charge in [-0.2, -0.15) is 0 Å². The molecule has 1 atom stereocenters. The van der Waals surface area contributed by atoms with E-state index >= 15 is 0 Å². The largest absolute Gasteiger partial charge is 0.353 e. The second-order valence-corrected chi connectivity index (χ2v) is 6.26. The molecular formula is C14H14N2O2S. The molecule has 0 aliphatic rings. The number of rotatable bonds is 2. The average molecular weight is 274 g/mol. The second-order valence-electron chi connectivity index (χ2n) is 4.00. The Bertz CT molecular complexity index is 675. The van der Waals surface area contributed by atoms with Crippen molar-refractivity contribution in [1.82, 2.24) is 0 Å². The van der Waals surface area contributed by atoms with Crippen molar-refractivity contribution in [2.24, 2.45) is 4.36 Å². The van der Waals surface area contributed by atoms with Gasteiger partial charge in [-0.3, -0.25) is 0 Å². The van der Waals surface area contributed by atoms with Crippen molar-refractivity contribution in [2.45, 2.75) is 4.90 Å². The molecule has 19 heavy (non-hydrogen) atoms. The lowest BCUT2D eigenvalue weighted by atomic mass is 10.3. The van der Waals surface area contributed by atoms with Crippen LogP contribution < -0.4 is 5.32 Å². The molecule has 2 aromatic rings. The van der Waals surface area contributed by atoms with E-state index in [-0.39, 0.29) is 0 Å². The van der Waals surface area contributed by atoms with Crippen LogP contribution in [0.5, 0.6) is 0 Å². The molecule has 0 saturated carbocycles. The Morgan fingerprint density at radius 1 is 1.00 bits per heavy atom. The molecule has 1 N–H and O–H groups in total. The van der Waals surface area contributed by atoms with E-state index in [1.54, 1.807) is 48.5 Å². The van der Waals surface area contributed by atoms with Crippen LogP contribution in [0.2, 0.25) is 0 Å². The van der Waals surface area contributed by atoms with E-state index in [1.807, 2.05) is 12.1 Å². The zero-order valence-electron chi connectivity index (χ0n) is 10.4. The molecule has 4 nitrogen and oxygen atoms in total. The number of nitrogens with zero attached hydrogens (tertiary/aromatic N) is 1. The number of carbonyl (C=O) groups excluding carboxylic acids is 1. The molecule has 0 aromatic heterocycles. The van der Waals surface area contributed by atoms with Gasteiger partial charge >= 0.3 is 6.03 Å². The maximum Gasteiger partial charge on any atom is 0.353 e. The third-order valence-corrected chi connectivity index (χ3v) is 4.12. The van der Waals surface area contributed by atoms with Gasteiger partial charge in [0.05, 0.1) is 9.73 Å². The summed E-state index contributed by atoms with van der Waals surface area (Å²) in [7, 11) is -2.72. The lowest BCUT2D eigenvalue weighted by molar-refractivity contribution is 0.260. The van der Waals surface area contributed by atoms with Gasteiger partial charge in [0.15, 0.2) is 0 Å². The molecule has 0 spiro atoms. The Morgan fingerprint density at radius 2 is 1.53 bits per heavy atom. The molecule has 2 amide bonds. The molecule has 0 aliphatic carbocycles. The first-order chi connectivity index (χ1) is 9.08. The van der Waals surface area contributed by atoms with Crippen LogP contribution in [0, 0.1) is 0 Å². The molecule has 0 fully saturated rings. The van der Waals surface area contributed by atoms with Crippen LogP contribution in [0.15, 0.2) is 69.9 Å². The molecule has 2 aromatic carbocycles. The minimum absolute atomic E-state index is 0.540. The van der Waals surface area contributed by atoms with E-state index in [4.69, 9.17) is 0 Å². The fraction of sp³-hybridized carbons (Fsp3) is 0.0714. The number of anilines is 1. The zero-order chi connectivity index (χ0) is 13.7. The first-order valence-electron chi connectivity index (χ1n) is 5.71. The van der Waals surface area contributed by atoms with Gasteiger partial charge in [-0.15, -0.1) is 4.36 Å². The Kier molecular flexibility index (Phi) is 3.97. The first-order valence-corrected chi connectivity index (χ1v) is 7.63. The molecule has 0 saturated heterocycles. The standard InChI is InChI=1S/C14H14N2O2S/c1-19(18,13-10-6-3-7-11-13)16-14(17)15-12-8-4-2-5-9-12/h2-11H,1H3,(H,15,17)/t19-/m1/s1. The van der Waals surface area contributed by atoms with Crippen molar-refractivity contribution in [3.05, 3.63) is 60.7 Å². The highest BCUT2D eigenvalue weighted by atomic mass is 32.2. The molecule has 0 radical (unpaired) electrons. The number of carbonyl (C=O) groups is 1. The van der Waals surface area contributed by atoms with Crippen LogP contribution in [0.25, 0.3) is 0 Å². The summed E-state index contributed by atoms with van der Waals surface area (Å²) in [5, 5.41) is 2.58. The molecule has 98 valence electrons. The van der Waals surface area contributed by atoms with Crippen molar-refractivity contribution in [2.75, 3.05) is 11.6 Å². The summed E-state index contributed by atoms with van der Waals surface area (Å²) in [4.78, 5) is 12.3. The van der Waals surface area contributed by atoms with Crippen molar-refractivity contribution in [1.29, 1.82) is 0 Å². The average Bonchev–Trinajstić information content (AvgIpc) is 2.40. The third-order valence-electron chi connectivity index (χ3n) is 2.46. The molecule has 0 unspecified atom stereocenters. The molecule has 0 heterocycles. The molecule has 2 rings (SSSR count). The fourth-order valence-corrected chi connectivity index (χ4v) is 2.68. The summed E-state index contributed by atoms with van der Waals surface area (Å²) in [5.74, 6) is 0. The van der Waals surface area contributed by atoms with E-state index in [2.05, 4.69) is 9.68 Å². The number of para-hydroxylation sites is 1. The van der Waals surface area contributed by atoms with E-state index in [0.29, 0.717) is 10.6 Å². The lowest BCUT2D eigenvalue weighted by Crippen LogP contribution is -2.10. The van der Waals surface area contributed by atoms with Crippen LogP contribution >= 0.6 is 0 Å². The van der Waals surface area contributed by atoms with Crippen molar-refractivity contribution >= 4 is 21.4 Å². The highest BCUT2D eigenvalue weighted by Crippen LogP contribution is 2.12. The van der Waals surface area contributed by atoms with Crippen LogP contribution in [0.4, 0.5) is 10.5 Å². The van der Waals surface area contributed by atoms with Gasteiger partial charge in [0.1, 0.15) is 0 Å². The minimum Gasteiger partial charge on any atom is -0.306 e. The van der Waals surface area contributed by atoms with Crippen LogP contribution in [0.1, 0.15) is 0 Å². The Balaban J connectivity index is 2.21. The van der Waals surface area contributed by atoms with Crippen LogP contribution in [0.3, 0.4) is 0 Å². The number of nitrogens with one attached hydrogen (secondary N) is 1. The maximum atomic E-state index is 12.4. The molecule has 0 aliphatic heterocycles. The predicted molar refractivity (Wildman–Crippen MR) is 76.7 cm³/mol. The number of hydrogen-bond acceptors (Lipinski definition) is 2. The summed E-state index contributed by atoms with van der Waals surface area (Å²) < 4.78 is 16.1. The number of urea groups is 1. The van der Waals surface area contributed by atoms with Gasteiger partial charge in [-0.05, 0) is 24.3 Å². The Labute approximate surface area is 112 Å². The number of hydrogen-bond donors (Lipinski definition) is 1. The Morgan fingerprint density at radius 3 is 2.11 bits per heavy atom. The van der Waals surface area contributed by atoms with Gasteiger partial charge in [-0.25, -0.2) is 9.00 Å². The summed E-state index contributed by atoms with van der Waals surface area (Å²) in [6, 6.07) is 17.1. The van der Waals surface area contributed by atoms with E-state index in [1.165, 1.54) is 6.26 Å². The summed E-state index contributed by atoms with van der Waals surface area (Å²) in [6.07, 6.45) is 1.45. The van der Waals surface area contributed by atoms with E-state index in [9.17, 15) is 9.00 Å². The van der Waals surface area contributed by atoms with Gasteiger partial charge in [0.2, 0.25) is 0 Å². The lowest BCUT2D eigenvalue weighted by Gasteiger charge is -2.05. The van der Waals surface area contributed by atoms with Crippen molar-refractivity contribution in [3.8, 4) is 0 Å². The van der Waals surface area contributed by atoms with Gasteiger partial charge in [-0.1, -0.05) is 36.4 Å². The summed E-state index contributed by atoms with van der Waals surface area (Å²) in [5.41, 5.74) is 0.625. The zero-order valence-corrected chi connectivity index (χ0v) is 11.3. The van der Waals surface area contributed by atoms with Gasteiger partial charge in [0, 0.05) is 16.8 Å². The molecule has 0 bridgehead atoms. The smallest absolute Gasteiger partial charge is 0.306 e. The van der Waals surface area contributed by atoms with E-state index < -0.39 is 15.8 Å². The highest BCUT2D eigenvalue weighted by molar-refractivity contribution is 7.93. The highest BCUT2D eigenvalue weighted by Gasteiger charge is 2.08. The van der Waals surface area contributed by atoms with Crippen molar-refractivity contribution in [3.63, 3.8) is 0 Å². The minimum atomic E-state index is -2.72. The third kappa shape index (κ3) is 3.66. The predicted octanol–water partition coefficient (Wildman–Crippen LogP) is 3.38. The van der Waals surface area contributed by atoms with Gasteiger partial charge < -0.3 is 5.32 Å². The SMILES string of the molecule is C[S@](=O)(=NC(=O)Nc1ccccc1)c1ccccc1. The first kappa shape index (κ1) is 13.3.